The number of nitrogens with zero attached hydrogens (tertiary/aromatic N) is 3. The molecular weight excluding hydrogens is 550 g/mol. The summed E-state index contributed by atoms with van der Waals surface area (Å²) in [7, 11) is 0. The molecule has 0 saturated carbocycles. The molecule has 9 rings (SSSR count). The van der Waals surface area contributed by atoms with Crippen molar-refractivity contribution in [3.63, 3.8) is 0 Å². The normalized spacial score (nSPS) is 11.6. The van der Waals surface area contributed by atoms with Gasteiger partial charge in [0, 0.05) is 27.5 Å². The molecular formula is C41H25N3O. The van der Waals surface area contributed by atoms with E-state index < -0.39 is 0 Å². The van der Waals surface area contributed by atoms with Crippen LogP contribution in [0.2, 0.25) is 0 Å². The highest BCUT2D eigenvalue weighted by atomic mass is 16.3. The van der Waals surface area contributed by atoms with Crippen LogP contribution in [0.25, 0.3) is 88.8 Å². The minimum absolute atomic E-state index is 0.641. The Morgan fingerprint density at radius 1 is 0.333 bits per heavy atom. The van der Waals surface area contributed by atoms with Crippen LogP contribution in [0.5, 0.6) is 0 Å². The standard InChI is InChI=1S/C41H25N3O/c1-2-11-27(12-3-1)39-42-40(30-21-20-26-10-4-5-13-28(26)24-30)44-41(43-39)36-18-9-16-32-31(15-8-17-33(32)36)29-22-23-35-34-14-6-7-19-37(34)45-38(35)25-29/h1-25H. The van der Waals surface area contributed by atoms with Crippen molar-refractivity contribution in [1.82, 2.24) is 15.0 Å². The Kier molecular flexibility index (Phi) is 5.78. The highest BCUT2D eigenvalue weighted by molar-refractivity contribution is 6.08. The number of fused-ring (bicyclic) bond motifs is 5. The molecule has 2 aromatic heterocycles. The lowest BCUT2D eigenvalue weighted by atomic mass is 9.95. The molecule has 0 saturated heterocycles. The van der Waals surface area contributed by atoms with Crippen LogP contribution in [-0.2, 0) is 0 Å². The highest BCUT2D eigenvalue weighted by Gasteiger charge is 2.16. The molecule has 9 aromatic rings. The molecule has 2 heterocycles. The van der Waals surface area contributed by atoms with Crippen molar-refractivity contribution in [2.75, 3.05) is 0 Å². The van der Waals surface area contributed by atoms with Crippen LogP contribution in [0.1, 0.15) is 0 Å². The number of rotatable bonds is 4. The molecule has 0 unspecified atom stereocenters. The Labute approximate surface area is 259 Å². The van der Waals surface area contributed by atoms with Crippen molar-refractivity contribution in [1.29, 1.82) is 0 Å². The molecule has 0 bridgehead atoms. The van der Waals surface area contributed by atoms with Gasteiger partial charge in [0.15, 0.2) is 17.5 Å². The summed E-state index contributed by atoms with van der Waals surface area (Å²) in [5.41, 5.74) is 6.87. The van der Waals surface area contributed by atoms with Gasteiger partial charge in [-0.1, -0.05) is 127 Å². The lowest BCUT2D eigenvalue weighted by molar-refractivity contribution is 0.669. The number of benzene rings is 7. The summed E-state index contributed by atoms with van der Waals surface area (Å²) in [5, 5.41) is 6.78. The van der Waals surface area contributed by atoms with Crippen molar-refractivity contribution < 1.29 is 4.42 Å². The first-order valence-corrected chi connectivity index (χ1v) is 15.0. The molecule has 0 fully saturated rings. The summed E-state index contributed by atoms with van der Waals surface area (Å²) in [6.07, 6.45) is 0. The maximum Gasteiger partial charge on any atom is 0.164 e. The van der Waals surface area contributed by atoms with Gasteiger partial charge in [0.1, 0.15) is 11.2 Å². The Bertz CT molecular complexity index is 2550. The third-order valence-electron chi connectivity index (χ3n) is 8.53. The zero-order valence-electron chi connectivity index (χ0n) is 24.2. The van der Waals surface area contributed by atoms with Crippen LogP contribution in [0, 0.1) is 0 Å². The number of hydrogen-bond donors (Lipinski definition) is 0. The minimum Gasteiger partial charge on any atom is -0.456 e. The number of hydrogen-bond acceptors (Lipinski definition) is 4. The molecule has 0 aliphatic heterocycles. The van der Waals surface area contributed by atoms with Gasteiger partial charge in [-0.25, -0.2) is 15.0 Å². The number of furan rings is 1. The van der Waals surface area contributed by atoms with Crippen LogP contribution >= 0.6 is 0 Å². The van der Waals surface area contributed by atoms with Crippen LogP contribution in [-0.4, -0.2) is 15.0 Å². The molecule has 0 atom stereocenters. The van der Waals surface area contributed by atoms with E-state index >= 15 is 0 Å². The monoisotopic (exact) mass is 575 g/mol. The average Bonchev–Trinajstić information content (AvgIpc) is 3.49. The van der Waals surface area contributed by atoms with E-state index in [1.165, 1.54) is 5.39 Å². The van der Waals surface area contributed by atoms with Crippen molar-refractivity contribution >= 4 is 43.5 Å². The first-order chi connectivity index (χ1) is 22.3. The van der Waals surface area contributed by atoms with E-state index in [4.69, 9.17) is 19.4 Å². The summed E-state index contributed by atoms with van der Waals surface area (Å²) in [5.74, 6) is 1.93. The first-order valence-electron chi connectivity index (χ1n) is 15.0. The Hall–Kier alpha value is -6.13. The van der Waals surface area contributed by atoms with Gasteiger partial charge < -0.3 is 4.42 Å². The lowest BCUT2D eigenvalue weighted by Crippen LogP contribution is -2.00. The maximum atomic E-state index is 6.23. The topological polar surface area (TPSA) is 51.8 Å². The van der Waals surface area contributed by atoms with Gasteiger partial charge in [0.25, 0.3) is 0 Å². The van der Waals surface area contributed by atoms with E-state index in [9.17, 15) is 0 Å². The van der Waals surface area contributed by atoms with Gasteiger partial charge in [-0.05, 0) is 56.9 Å². The van der Waals surface area contributed by atoms with Gasteiger partial charge in [-0.3, -0.25) is 0 Å². The minimum atomic E-state index is 0.641. The van der Waals surface area contributed by atoms with Crippen molar-refractivity contribution in [2.45, 2.75) is 0 Å². The van der Waals surface area contributed by atoms with Crippen molar-refractivity contribution in [3.05, 3.63) is 152 Å². The summed E-state index contributed by atoms with van der Waals surface area (Å²) in [6, 6.07) is 52.3. The Morgan fingerprint density at radius 2 is 0.956 bits per heavy atom. The average molecular weight is 576 g/mol. The molecule has 0 aliphatic rings. The van der Waals surface area contributed by atoms with E-state index in [0.29, 0.717) is 17.5 Å². The fraction of sp³-hybridized carbons (Fsp3) is 0. The van der Waals surface area contributed by atoms with Crippen LogP contribution < -0.4 is 0 Å². The van der Waals surface area contributed by atoms with Crippen molar-refractivity contribution in [2.24, 2.45) is 0 Å². The van der Waals surface area contributed by atoms with E-state index in [-0.39, 0.29) is 0 Å². The first kappa shape index (κ1) is 25.4. The highest BCUT2D eigenvalue weighted by Crippen LogP contribution is 2.37. The van der Waals surface area contributed by atoms with Crippen LogP contribution in [0.3, 0.4) is 0 Å². The molecule has 0 N–H and O–H groups in total. The summed E-state index contributed by atoms with van der Waals surface area (Å²) in [4.78, 5) is 15.1. The number of para-hydroxylation sites is 1. The number of aromatic nitrogens is 3. The van der Waals surface area contributed by atoms with Gasteiger partial charge >= 0.3 is 0 Å². The van der Waals surface area contributed by atoms with E-state index in [0.717, 1.165) is 65.9 Å². The van der Waals surface area contributed by atoms with Crippen molar-refractivity contribution in [3.8, 4) is 45.3 Å². The second-order valence-corrected chi connectivity index (χ2v) is 11.2. The van der Waals surface area contributed by atoms with E-state index in [1.54, 1.807) is 0 Å². The van der Waals surface area contributed by atoms with Gasteiger partial charge in [0.05, 0.1) is 0 Å². The smallest absolute Gasteiger partial charge is 0.164 e. The lowest BCUT2D eigenvalue weighted by Gasteiger charge is -2.13. The molecule has 45 heavy (non-hydrogen) atoms. The molecule has 0 spiro atoms. The van der Waals surface area contributed by atoms with Crippen LogP contribution in [0.4, 0.5) is 0 Å². The van der Waals surface area contributed by atoms with Crippen LogP contribution in [0.15, 0.2) is 156 Å². The summed E-state index contributed by atoms with van der Waals surface area (Å²) >= 11 is 0. The Morgan fingerprint density at radius 3 is 1.82 bits per heavy atom. The summed E-state index contributed by atoms with van der Waals surface area (Å²) < 4.78 is 6.23. The predicted molar refractivity (Wildman–Crippen MR) is 184 cm³/mol. The van der Waals surface area contributed by atoms with Gasteiger partial charge in [-0.15, -0.1) is 0 Å². The zero-order valence-corrected chi connectivity index (χ0v) is 24.2. The van der Waals surface area contributed by atoms with Gasteiger partial charge in [-0.2, -0.15) is 0 Å². The fourth-order valence-corrected chi connectivity index (χ4v) is 6.32. The zero-order chi connectivity index (χ0) is 29.7. The molecule has 0 amide bonds. The molecule has 0 radical (unpaired) electrons. The van der Waals surface area contributed by atoms with Gasteiger partial charge in [0.2, 0.25) is 0 Å². The quantitative estimate of drug-likeness (QED) is 0.209. The Balaban J connectivity index is 1.23. The fourth-order valence-electron chi connectivity index (χ4n) is 6.32. The molecule has 7 aromatic carbocycles. The van der Waals surface area contributed by atoms with E-state index in [1.807, 2.05) is 48.5 Å². The van der Waals surface area contributed by atoms with E-state index in [2.05, 4.69) is 103 Å². The largest absolute Gasteiger partial charge is 0.456 e. The predicted octanol–water partition coefficient (Wildman–Crippen LogP) is 10.7. The third kappa shape index (κ3) is 4.35. The molecule has 0 aliphatic carbocycles. The third-order valence-corrected chi connectivity index (χ3v) is 8.53. The molecule has 4 nitrogen and oxygen atoms in total. The second-order valence-electron chi connectivity index (χ2n) is 11.2. The maximum absolute atomic E-state index is 6.23. The summed E-state index contributed by atoms with van der Waals surface area (Å²) in [6.45, 7) is 0. The molecule has 4 heteroatoms. The molecule has 210 valence electrons. The SMILES string of the molecule is c1ccc(-c2nc(-c3ccc4ccccc4c3)nc(-c3cccc4c(-c5ccc6c(c5)oc5ccccc56)cccc34)n2)cc1. The second kappa shape index (κ2) is 10.2.